The number of ether oxygens (including phenoxy) is 1. The lowest BCUT2D eigenvalue weighted by Crippen LogP contribution is -2.41. The molecular formula is C23H34N2O3. The predicted molar refractivity (Wildman–Crippen MR) is 110 cm³/mol. The normalized spacial score (nSPS) is 18.4. The van der Waals surface area contributed by atoms with Gasteiger partial charge in [-0.3, -0.25) is 9.59 Å². The van der Waals surface area contributed by atoms with Gasteiger partial charge in [0.05, 0.1) is 12.2 Å². The van der Waals surface area contributed by atoms with Crippen LogP contribution in [0.2, 0.25) is 0 Å². The minimum absolute atomic E-state index is 0.0304. The van der Waals surface area contributed by atoms with Gasteiger partial charge in [0.1, 0.15) is 5.75 Å². The van der Waals surface area contributed by atoms with Gasteiger partial charge in [-0.2, -0.15) is 0 Å². The number of likely N-dealkylation sites (tertiary alicyclic amines) is 2. The van der Waals surface area contributed by atoms with Crippen LogP contribution in [0.5, 0.6) is 5.75 Å². The van der Waals surface area contributed by atoms with E-state index < -0.39 is 0 Å². The third-order valence-electron chi connectivity index (χ3n) is 5.63. The Labute approximate surface area is 169 Å². The summed E-state index contributed by atoms with van der Waals surface area (Å²) >= 11 is 0. The Balaban J connectivity index is 1.51. The van der Waals surface area contributed by atoms with Gasteiger partial charge in [0.15, 0.2) is 0 Å². The highest BCUT2D eigenvalue weighted by Crippen LogP contribution is 2.26. The van der Waals surface area contributed by atoms with Crippen molar-refractivity contribution >= 4 is 11.8 Å². The SMILES string of the molecule is CC(C)(C)CC(=O)N1CCC(COc2ccccc2C(=O)N2CCCC2)CC1. The van der Waals surface area contributed by atoms with Crippen LogP contribution < -0.4 is 4.74 Å². The predicted octanol–water partition coefficient (Wildman–Crippen LogP) is 3.98. The monoisotopic (exact) mass is 386 g/mol. The van der Waals surface area contributed by atoms with Crippen LogP contribution >= 0.6 is 0 Å². The lowest BCUT2D eigenvalue weighted by molar-refractivity contribution is -0.134. The number of hydrogen-bond donors (Lipinski definition) is 0. The summed E-state index contributed by atoms with van der Waals surface area (Å²) in [7, 11) is 0. The fourth-order valence-corrected chi connectivity index (χ4v) is 3.98. The van der Waals surface area contributed by atoms with Crippen LogP contribution in [-0.4, -0.2) is 54.4 Å². The van der Waals surface area contributed by atoms with Crippen molar-refractivity contribution in [3.8, 4) is 5.75 Å². The molecule has 0 atom stereocenters. The molecule has 0 N–H and O–H groups in total. The number of carbonyl (C=O) groups excluding carboxylic acids is 2. The molecule has 5 heteroatoms. The van der Waals surface area contributed by atoms with Crippen LogP contribution in [0.25, 0.3) is 0 Å². The van der Waals surface area contributed by atoms with Crippen molar-refractivity contribution in [1.82, 2.24) is 9.80 Å². The zero-order valence-electron chi connectivity index (χ0n) is 17.6. The van der Waals surface area contributed by atoms with Gasteiger partial charge in [-0.05, 0) is 49.1 Å². The average Bonchev–Trinajstić information content (AvgIpc) is 3.20. The number of benzene rings is 1. The highest BCUT2D eigenvalue weighted by atomic mass is 16.5. The topological polar surface area (TPSA) is 49.9 Å². The van der Waals surface area contributed by atoms with E-state index in [0.717, 1.165) is 51.9 Å². The number of nitrogens with zero attached hydrogens (tertiary/aromatic N) is 2. The lowest BCUT2D eigenvalue weighted by Gasteiger charge is -2.33. The molecule has 0 unspecified atom stereocenters. The number of piperidine rings is 1. The standard InChI is InChI=1S/C23H34N2O3/c1-23(2,3)16-21(26)24-14-10-18(11-15-24)17-28-20-9-5-4-8-19(20)22(27)25-12-6-7-13-25/h4-5,8-9,18H,6-7,10-17H2,1-3H3. The van der Waals surface area contributed by atoms with Crippen LogP contribution in [0, 0.1) is 11.3 Å². The fraction of sp³-hybridized carbons (Fsp3) is 0.652. The summed E-state index contributed by atoms with van der Waals surface area (Å²) in [6, 6.07) is 7.58. The maximum absolute atomic E-state index is 12.8. The van der Waals surface area contributed by atoms with Gasteiger partial charge < -0.3 is 14.5 Å². The molecule has 0 spiro atoms. The van der Waals surface area contributed by atoms with E-state index in [1.807, 2.05) is 34.1 Å². The van der Waals surface area contributed by atoms with E-state index in [2.05, 4.69) is 20.8 Å². The summed E-state index contributed by atoms with van der Waals surface area (Å²) in [6.07, 6.45) is 4.68. The summed E-state index contributed by atoms with van der Waals surface area (Å²) in [5.41, 5.74) is 0.699. The first-order valence-corrected chi connectivity index (χ1v) is 10.6. The molecule has 2 heterocycles. The van der Waals surface area contributed by atoms with Crippen LogP contribution in [0.4, 0.5) is 0 Å². The first kappa shape index (κ1) is 20.7. The second kappa shape index (κ2) is 8.97. The highest BCUT2D eigenvalue weighted by Gasteiger charge is 2.27. The molecule has 2 amide bonds. The van der Waals surface area contributed by atoms with Crippen molar-refractivity contribution in [3.05, 3.63) is 29.8 Å². The number of hydrogen-bond acceptors (Lipinski definition) is 3. The zero-order valence-corrected chi connectivity index (χ0v) is 17.6. The zero-order chi connectivity index (χ0) is 20.1. The molecule has 1 aromatic rings. The van der Waals surface area contributed by atoms with Crippen LogP contribution in [0.15, 0.2) is 24.3 Å². The van der Waals surface area contributed by atoms with E-state index in [9.17, 15) is 9.59 Å². The Morgan fingerprint density at radius 3 is 2.29 bits per heavy atom. The quantitative estimate of drug-likeness (QED) is 0.769. The molecule has 0 saturated carbocycles. The summed E-state index contributed by atoms with van der Waals surface area (Å²) in [5, 5.41) is 0. The van der Waals surface area contributed by atoms with Gasteiger partial charge in [-0.25, -0.2) is 0 Å². The molecule has 0 bridgehead atoms. The maximum Gasteiger partial charge on any atom is 0.257 e. The Morgan fingerprint density at radius 1 is 1.00 bits per heavy atom. The third kappa shape index (κ3) is 5.49. The Bertz CT molecular complexity index is 681. The van der Waals surface area contributed by atoms with Gasteiger partial charge in [0.25, 0.3) is 5.91 Å². The molecule has 0 aliphatic carbocycles. The molecule has 0 aromatic heterocycles. The average molecular weight is 387 g/mol. The van der Waals surface area contributed by atoms with Gasteiger partial charge in [-0.1, -0.05) is 32.9 Å². The van der Waals surface area contributed by atoms with Crippen LogP contribution in [-0.2, 0) is 4.79 Å². The van der Waals surface area contributed by atoms with Crippen molar-refractivity contribution in [2.75, 3.05) is 32.8 Å². The van der Waals surface area contributed by atoms with E-state index in [0.29, 0.717) is 30.3 Å². The molecule has 154 valence electrons. The number of amides is 2. The molecule has 0 radical (unpaired) electrons. The second-order valence-corrected chi connectivity index (χ2v) is 9.37. The first-order chi connectivity index (χ1) is 13.3. The third-order valence-corrected chi connectivity index (χ3v) is 5.63. The summed E-state index contributed by atoms with van der Waals surface area (Å²) in [5.74, 6) is 1.45. The fourth-order valence-electron chi connectivity index (χ4n) is 3.98. The molecule has 3 rings (SSSR count). The van der Waals surface area contributed by atoms with E-state index in [1.54, 1.807) is 0 Å². The summed E-state index contributed by atoms with van der Waals surface area (Å²) in [6.45, 7) is 10.2. The van der Waals surface area contributed by atoms with Gasteiger partial charge in [0.2, 0.25) is 5.91 Å². The van der Waals surface area contributed by atoms with Crippen molar-refractivity contribution in [2.45, 2.75) is 52.9 Å². The van der Waals surface area contributed by atoms with Gasteiger partial charge >= 0.3 is 0 Å². The molecule has 28 heavy (non-hydrogen) atoms. The van der Waals surface area contributed by atoms with Crippen molar-refractivity contribution in [3.63, 3.8) is 0 Å². The number of rotatable bonds is 5. The van der Waals surface area contributed by atoms with Crippen molar-refractivity contribution in [2.24, 2.45) is 11.3 Å². The van der Waals surface area contributed by atoms with E-state index in [-0.39, 0.29) is 17.2 Å². The molecule has 5 nitrogen and oxygen atoms in total. The van der Waals surface area contributed by atoms with E-state index in [4.69, 9.17) is 4.74 Å². The Hall–Kier alpha value is -2.04. The minimum Gasteiger partial charge on any atom is -0.492 e. The lowest BCUT2D eigenvalue weighted by atomic mass is 9.90. The smallest absolute Gasteiger partial charge is 0.257 e. The first-order valence-electron chi connectivity index (χ1n) is 10.6. The number of para-hydroxylation sites is 1. The largest absolute Gasteiger partial charge is 0.492 e. The number of carbonyl (C=O) groups is 2. The molecule has 2 fully saturated rings. The maximum atomic E-state index is 12.8. The summed E-state index contributed by atoms with van der Waals surface area (Å²) < 4.78 is 6.08. The second-order valence-electron chi connectivity index (χ2n) is 9.37. The van der Waals surface area contributed by atoms with Gasteiger partial charge in [0, 0.05) is 32.6 Å². The van der Waals surface area contributed by atoms with E-state index >= 15 is 0 Å². The highest BCUT2D eigenvalue weighted by molar-refractivity contribution is 5.97. The molecule has 1 aromatic carbocycles. The van der Waals surface area contributed by atoms with Crippen LogP contribution in [0.3, 0.4) is 0 Å². The van der Waals surface area contributed by atoms with Crippen molar-refractivity contribution in [1.29, 1.82) is 0 Å². The Kier molecular flexibility index (Phi) is 6.63. The molecule has 2 aliphatic heterocycles. The van der Waals surface area contributed by atoms with Crippen LogP contribution in [0.1, 0.15) is 63.2 Å². The Morgan fingerprint density at radius 2 is 1.64 bits per heavy atom. The molecule has 2 saturated heterocycles. The van der Waals surface area contributed by atoms with E-state index in [1.165, 1.54) is 0 Å². The molecular weight excluding hydrogens is 352 g/mol. The van der Waals surface area contributed by atoms with Crippen molar-refractivity contribution < 1.29 is 14.3 Å². The minimum atomic E-state index is 0.0304. The van der Waals surface area contributed by atoms with Gasteiger partial charge in [-0.15, -0.1) is 0 Å². The summed E-state index contributed by atoms with van der Waals surface area (Å²) in [4.78, 5) is 29.1. The molecule has 2 aliphatic rings.